The Balaban J connectivity index is 2.99. The van der Waals surface area contributed by atoms with Crippen molar-refractivity contribution in [2.24, 2.45) is 0 Å². The Labute approximate surface area is 54.1 Å². The summed E-state index contributed by atoms with van der Waals surface area (Å²) in [6.45, 7) is 0. The summed E-state index contributed by atoms with van der Waals surface area (Å²) >= 11 is 0. The molecule has 2 rings (SSSR count). The minimum absolute atomic E-state index is 0.787. The van der Waals surface area contributed by atoms with Gasteiger partial charge in [-0.2, -0.15) is 5.10 Å². The van der Waals surface area contributed by atoms with Crippen molar-refractivity contribution in [3.8, 4) is 0 Å². The number of rotatable bonds is 0. The molecule has 9 heavy (non-hydrogen) atoms. The maximum absolute atomic E-state index is 10.9. The molecular weight excluding hydrogens is 136 g/mol. The van der Waals surface area contributed by atoms with Crippen LogP contribution in [-0.2, 0) is 0 Å². The second-order valence-electron chi connectivity index (χ2n) is 1.73. The Morgan fingerprint density at radius 2 is 2.56 bits per heavy atom. The van der Waals surface area contributed by atoms with Gasteiger partial charge in [0.05, 0.1) is 6.20 Å². The van der Waals surface area contributed by atoms with Crippen molar-refractivity contribution in [2.75, 3.05) is 0 Å². The lowest BCUT2D eigenvalue weighted by Crippen LogP contribution is -1.58. The zero-order valence-electron chi connectivity index (χ0n) is 4.50. The molecule has 0 saturated carbocycles. The van der Waals surface area contributed by atoms with Crippen LogP contribution in [0, 0.1) is 0 Å². The van der Waals surface area contributed by atoms with Crippen LogP contribution in [0.2, 0.25) is 0 Å². The Morgan fingerprint density at radius 1 is 1.67 bits per heavy atom. The van der Waals surface area contributed by atoms with Gasteiger partial charge < -0.3 is 4.55 Å². The maximum atomic E-state index is 10.9. The van der Waals surface area contributed by atoms with Crippen molar-refractivity contribution in [3.05, 3.63) is 17.6 Å². The van der Waals surface area contributed by atoms with Crippen molar-refractivity contribution in [1.29, 1.82) is 0 Å². The summed E-state index contributed by atoms with van der Waals surface area (Å²) in [5, 5.41) is 8.11. The van der Waals surface area contributed by atoms with E-state index in [9.17, 15) is 4.55 Å². The molecule has 0 aliphatic rings. The van der Waals surface area contributed by atoms with Gasteiger partial charge in [0.1, 0.15) is 10.9 Å². The lowest BCUT2D eigenvalue weighted by atomic mass is 10.5. The Hall–Kier alpha value is -0.870. The van der Waals surface area contributed by atoms with E-state index >= 15 is 0 Å². The fraction of sp³-hybridized carbons (Fsp3) is 0. The zero-order valence-corrected chi connectivity index (χ0v) is 5.31. The minimum Gasteiger partial charge on any atom is -0.590 e. The first-order valence-electron chi connectivity index (χ1n) is 2.50. The van der Waals surface area contributed by atoms with Gasteiger partial charge in [-0.25, -0.2) is 0 Å². The maximum Gasteiger partial charge on any atom is 0.217 e. The molecule has 1 N–H and O–H groups in total. The Kier molecular flexibility index (Phi) is 0.856. The lowest BCUT2D eigenvalue weighted by molar-refractivity contribution is 0.600. The molecule has 0 aliphatic carbocycles. The number of thiophene rings is 1. The minimum atomic E-state index is -0.941. The van der Waals surface area contributed by atoms with Crippen LogP contribution in [0.15, 0.2) is 17.6 Å². The molecule has 0 radical (unpaired) electrons. The smallest absolute Gasteiger partial charge is 0.217 e. The van der Waals surface area contributed by atoms with Gasteiger partial charge >= 0.3 is 0 Å². The third-order valence-electron chi connectivity index (χ3n) is 1.20. The quantitative estimate of drug-likeness (QED) is 0.560. The molecule has 0 spiro atoms. The van der Waals surface area contributed by atoms with Crippen LogP contribution < -0.4 is 0 Å². The van der Waals surface area contributed by atoms with Crippen LogP contribution in [-0.4, -0.2) is 14.8 Å². The molecule has 46 valence electrons. The average molecular weight is 140 g/mol. The van der Waals surface area contributed by atoms with Crippen molar-refractivity contribution >= 4 is 21.0 Å². The number of fused-ring (bicyclic) bond motifs is 1. The van der Waals surface area contributed by atoms with Gasteiger partial charge in [0.15, 0.2) is 0 Å². The Bertz CT molecular complexity index is 324. The lowest BCUT2D eigenvalue weighted by Gasteiger charge is -1.79. The normalized spacial score (nSPS) is 12.8. The highest BCUT2D eigenvalue weighted by molar-refractivity contribution is 7.29. The van der Waals surface area contributed by atoms with Crippen LogP contribution in [0.1, 0.15) is 0 Å². The monoisotopic (exact) mass is 140 g/mol. The molecule has 0 aromatic carbocycles. The highest BCUT2D eigenvalue weighted by Gasteiger charge is 2.04. The van der Waals surface area contributed by atoms with Crippen LogP contribution in [0.5, 0.6) is 0 Å². The van der Waals surface area contributed by atoms with Gasteiger partial charge in [0.2, 0.25) is 4.70 Å². The number of aromatic nitrogens is 2. The van der Waals surface area contributed by atoms with Gasteiger partial charge in [-0.15, -0.1) is 0 Å². The molecule has 0 aliphatic heterocycles. The second kappa shape index (κ2) is 1.55. The van der Waals surface area contributed by atoms with Gasteiger partial charge in [-0.1, -0.05) is 0 Å². The SMILES string of the molecule is [O-][s+]1ccc2n[nH]cc21. The van der Waals surface area contributed by atoms with E-state index in [1.165, 1.54) is 0 Å². The van der Waals surface area contributed by atoms with E-state index in [1.54, 1.807) is 17.6 Å². The van der Waals surface area contributed by atoms with Crippen LogP contribution in [0.25, 0.3) is 10.2 Å². The van der Waals surface area contributed by atoms with E-state index in [1.807, 2.05) is 0 Å². The molecule has 1 atom stereocenters. The average Bonchev–Trinajstić information content (AvgIpc) is 2.35. The fourth-order valence-corrected chi connectivity index (χ4v) is 1.66. The van der Waals surface area contributed by atoms with Gasteiger partial charge in [-0.3, -0.25) is 5.10 Å². The topological polar surface area (TPSA) is 51.7 Å². The molecule has 0 fully saturated rings. The summed E-state index contributed by atoms with van der Waals surface area (Å²) in [7, 11) is -0.941. The third kappa shape index (κ3) is 0.571. The van der Waals surface area contributed by atoms with Crippen LogP contribution in [0.4, 0.5) is 0 Å². The number of nitrogens with one attached hydrogen (secondary N) is 1. The van der Waals surface area contributed by atoms with E-state index < -0.39 is 10.8 Å². The molecule has 2 aromatic heterocycles. The van der Waals surface area contributed by atoms with Gasteiger partial charge in [0, 0.05) is 6.07 Å². The first-order valence-corrected chi connectivity index (χ1v) is 3.72. The van der Waals surface area contributed by atoms with E-state index in [-0.39, 0.29) is 0 Å². The number of hydrogen-bond acceptors (Lipinski definition) is 2. The molecule has 3 nitrogen and oxygen atoms in total. The third-order valence-corrected chi connectivity index (χ3v) is 2.34. The van der Waals surface area contributed by atoms with Crippen molar-refractivity contribution in [2.45, 2.75) is 0 Å². The van der Waals surface area contributed by atoms with Crippen molar-refractivity contribution in [3.63, 3.8) is 0 Å². The summed E-state index contributed by atoms with van der Waals surface area (Å²) in [5.74, 6) is 0. The predicted molar refractivity (Wildman–Crippen MR) is 34.7 cm³/mol. The molecule has 4 heteroatoms. The summed E-state index contributed by atoms with van der Waals surface area (Å²) in [5.41, 5.74) is 0.799. The first-order chi connectivity index (χ1) is 4.38. The number of H-pyrrole nitrogens is 1. The van der Waals surface area contributed by atoms with Crippen LogP contribution >= 0.6 is 10.8 Å². The largest absolute Gasteiger partial charge is 0.590 e. The molecule has 0 saturated heterocycles. The summed E-state index contributed by atoms with van der Waals surface area (Å²) in [6.07, 6.45) is 1.66. The number of nitrogens with zero attached hydrogens (tertiary/aromatic N) is 1. The summed E-state index contributed by atoms with van der Waals surface area (Å²) in [6, 6.07) is 1.75. The van der Waals surface area contributed by atoms with E-state index in [0.717, 1.165) is 10.2 Å². The van der Waals surface area contributed by atoms with Crippen LogP contribution in [0.3, 0.4) is 0 Å². The highest BCUT2D eigenvalue weighted by Crippen LogP contribution is 2.25. The molecule has 1 unspecified atom stereocenters. The zero-order chi connectivity index (χ0) is 6.27. The number of aromatic amines is 1. The second-order valence-corrected chi connectivity index (χ2v) is 3.04. The molecule has 0 bridgehead atoms. The molecular formula is C5H4N2OS. The van der Waals surface area contributed by atoms with Crippen molar-refractivity contribution < 1.29 is 4.55 Å². The van der Waals surface area contributed by atoms with E-state index in [0.29, 0.717) is 0 Å². The Morgan fingerprint density at radius 3 is 3.33 bits per heavy atom. The number of hydrogen-bond donors (Lipinski definition) is 1. The first kappa shape index (κ1) is 4.96. The van der Waals surface area contributed by atoms with E-state index in [4.69, 9.17) is 0 Å². The summed E-state index contributed by atoms with van der Waals surface area (Å²) < 4.78 is 11.7. The molecule has 2 aromatic rings. The van der Waals surface area contributed by atoms with Gasteiger partial charge in [-0.05, 0) is 10.8 Å². The predicted octanol–water partition coefficient (Wildman–Crippen LogP) is 1.29. The molecule has 2 heterocycles. The van der Waals surface area contributed by atoms with Crippen molar-refractivity contribution in [1.82, 2.24) is 10.2 Å². The fourth-order valence-electron chi connectivity index (χ4n) is 0.770. The molecule has 0 amide bonds. The summed E-state index contributed by atoms with van der Waals surface area (Å²) in [4.78, 5) is 0. The van der Waals surface area contributed by atoms with Gasteiger partial charge in [0.25, 0.3) is 0 Å². The highest BCUT2D eigenvalue weighted by atomic mass is 32.2. The van der Waals surface area contributed by atoms with E-state index in [2.05, 4.69) is 10.2 Å². The standard InChI is InChI=1S/C5H4N2OS/c8-9-2-1-4-5(9)3-6-7-4/h1-3H,(H,6,7).